The summed E-state index contributed by atoms with van der Waals surface area (Å²) in [6, 6.07) is 0. The van der Waals surface area contributed by atoms with Gasteiger partial charge in [0.15, 0.2) is 0 Å². The van der Waals surface area contributed by atoms with E-state index in [1.54, 1.807) is 0 Å². The Morgan fingerprint density at radius 3 is 1.92 bits per heavy atom. The summed E-state index contributed by atoms with van der Waals surface area (Å²) >= 11 is 0. The van der Waals surface area contributed by atoms with Gasteiger partial charge >= 0.3 is 0 Å². The second-order valence-electron chi connectivity index (χ2n) is 3.76. The lowest BCUT2D eigenvalue weighted by molar-refractivity contribution is 0.492. The average molecular weight is 187 g/mol. The van der Waals surface area contributed by atoms with Crippen LogP contribution in [0.5, 0.6) is 0 Å². The van der Waals surface area contributed by atoms with Crippen LogP contribution in [0.4, 0.5) is 0 Å². The minimum atomic E-state index is 0.954. The minimum Gasteiger partial charge on any atom is -0.320 e. The van der Waals surface area contributed by atoms with Crippen molar-refractivity contribution in [2.45, 2.75) is 59.8 Å². The molecule has 0 amide bonds. The van der Waals surface area contributed by atoms with Crippen molar-refractivity contribution >= 4 is 0 Å². The van der Waals surface area contributed by atoms with Crippen molar-refractivity contribution in [3.8, 4) is 0 Å². The van der Waals surface area contributed by atoms with Gasteiger partial charge in [-0.3, -0.25) is 0 Å². The normalized spacial score (nSPS) is 11.8. The van der Waals surface area contributed by atoms with Gasteiger partial charge in [0.05, 0.1) is 0 Å². The second-order valence-corrected chi connectivity index (χ2v) is 3.76. The summed E-state index contributed by atoms with van der Waals surface area (Å²) in [5.41, 5.74) is 0. The van der Waals surface area contributed by atoms with E-state index in [4.69, 9.17) is 0 Å². The Morgan fingerprint density at radius 2 is 1.69 bits per heavy atom. The molecule has 1 unspecified atom stereocenters. The summed E-state index contributed by atoms with van der Waals surface area (Å²) in [6.45, 7) is 10.1. The first kappa shape index (κ1) is 15.4. The Morgan fingerprint density at radius 1 is 1.08 bits per heavy atom. The zero-order chi connectivity index (χ0) is 10.5. The van der Waals surface area contributed by atoms with Crippen LogP contribution in [0.1, 0.15) is 59.8 Å². The van der Waals surface area contributed by atoms with E-state index >= 15 is 0 Å². The highest BCUT2D eigenvalue weighted by Crippen LogP contribution is 2.09. The van der Waals surface area contributed by atoms with E-state index in [1.807, 2.05) is 7.05 Å². The first-order valence-electron chi connectivity index (χ1n) is 5.87. The van der Waals surface area contributed by atoms with E-state index in [0.29, 0.717) is 0 Å². The molecule has 0 fully saturated rings. The molecule has 0 radical (unpaired) electrons. The Bertz CT molecular complexity index is 69.5. The second kappa shape index (κ2) is 14.5. The highest BCUT2D eigenvalue weighted by Gasteiger charge is 1.94. The third-order valence-electron chi connectivity index (χ3n) is 2.25. The van der Waals surface area contributed by atoms with E-state index < -0.39 is 0 Å². The Balaban J connectivity index is 0. The summed E-state index contributed by atoms with van der Waals surface area (Å²) in [6.07, 6.45) is 6.77. The lowest BCUT2D eigenvalue weighted by Crippen LogP contribution is -2.04. The molecule has 13 heavy (non-hydrogen) atoms. The van der Waals surface area contributed by atoms with Crippen LogP contribution in [-0.2, 0) is 0 Å². The molecular formula is C12H29N. The van der Waals surface area contributed by atoms with E-state index in [0.717, 1.165) is 12.5 Å². The molecule has 82 valence electrons. The Kier molecular flexibility index (Phi) is 17.2. The highest BCUT2D eigenvalue weighted by atomic mass is 14.8. The molecule has 0 bridgehead atoms. The lowest BCUT2D eigenvalue weighted by Gasteiger charge is -2.04. The summed E-state index contributed by atoms with van der Waals surface area (Å²) in [4.78, 5) is 0. The fourth-order valence-corrected chi connectivity index (χ4v) is 1.01. The first-order valence-corrected chi connectivity index (χ1v) is 5.87. The van der Waals surface area contributed by atoms with Crippen molar-refractivity contribution in [3.05, 3.63) is 0 Å². The molecule has 0 aliphatic heterocycles. The molecule has 0 aliphatic rings. The molecule has 1 atom stereocenters. The fraction of sp³-hybridized carbons (Fsp3) is 1.00. The first-order chi connectivity index (χ1) is 6.22. The van der Waals surface area contributed by atoms with Gasteiger partial charge in [0.2, 0.25) is 0 Å². The molecule has 0 saturated heterocycles. The van der Waals surface area contributed by atoms with Crippen LogP contribution in [0.2, 0.25) is 0 Å². The standard InChI is InChI=1S/C8H18.C4H11N/c1-4-6-7-8(3)5-2;1-3-4-5-2/h8H,4-7H2,1-3H3;5H,3-4H2,1-2H3. The number of rotatable bonds is 6. The third kappa shape index (κ3) is 18.7. The van der Waals surface area contributed by atoms with E-state index in [9.17, 15) is 0 Å². The Hall–Kier alpha value is -0.0400. The van der Waals surface area contributed by atoms with Gasteiger partial charge in [0, 0.05) is 0 Å². The van der Waals surface area contributed by atoms with Gasteiger partial charge in [-0.15, -0.1) is 0 Å². The molecule has 1 N–H and O–H groups in total. The van der Waals surface area contributed by atoms with Crippen LogP contribution < -0.4 is 5.32 Å². The minimum absolute atomic E-state index is 0.954. The van der Waals surface area contributed by atoms with E-state index in [2.05, 4.69) is 33.0 Å². The molecule has 0 heterocycles. The maximum absolute atomic E-state index is 3.02. The van der Waals surface area contributed by atoms with Gasteiger partial charge in [0.1, 0.15) is 0 Å². The topological polar surface area (TPSA) is 12.0 Å². The maximum Gasteiger partial charge on any atom is -0.00546 e. The quantitative estimate of drug-likeness (QED) is 0.666. The summed E-state index contributed by atoms with van der Waals surface area (Å²) < 4.78 is 0. The molecule has 0 saturated carbocycles. The SMILES string of the molecule is CCCCC(C)CC.CCCNC. The molecule has 0 aromatic heterocycles. The molecule has 0 rings (SSSR count). The number of hydrogen-bond acceptors (Lipinski definition) is 1. The molecule has 0 spiro atoms. The van der Waals surface area contributed by atoms with Crippen molar-refractivity contribution in [3.63, 3.8) is 0 Å². The van der Waals surface area contributed by atoms with Crippen LogP contribution in [0.3, 0.4) is 0 Å². The van der Waals surface area contributed by atoms with Crippen LogP contribution >= 0.6 is 0 Å². The van der Waals surface area contributed by atoms with Crippen LogP contribution in [-0.4, -0.2) is 13.6 Å². The van der Waals surface area contributed by atoms with E-state index in [1.165, 1.54) is 32.1 Å². The van der Waals surface area contributed by atoms with Crippen molar-refractivity contribution in [2.24, 2.45) is 5.92 Å². The third-order valence-corrected chi connectivity index (χ3v) is 2.25. The lowest BCUT2D eigenvalue weighted by atomic mass is 10.0. The van der Waals surface area contributed by atoms with Gasteiger partial charge in [-0.05, 0) is 25.9 Å². The molecule has 0 aromatic carbocycles. The zero-order valence-electron chi connectivity index (χ0n) is 10.3. The molecule has 0 aromatic rings. The largest absolute Gasteiger partial charge is 0.320 e. The average Bonchev–Trinajstić information content (AvgIpc) is 2.16. The molecule has 1 nitrogen and oxygen atoms in total. The highest BCUT2D eigenvalue weighted by molar-refractivity contribution is 4.47. The van der Waals surface area contributed by atoms with Crippen molar-refractivity contribution < 1.29 is 0 Å². The smallest absolute Gasteiger partial charge is 0.00546 e. The predicted octanol–water partition coefficient (Wildman–Crippen LogP) is 3.84. The summed E-state index contributed by atoms with van der Waals surface area (Å²) in [5, 5.41) is 3.02. The van der Waals surface area contributed by atoms with Gasteiger partial charge in [-0.2, -0.15) is 0 Å². The summed E-state index contributed by atoms with van der Waals surface area (Å²) in [7, 11) is 1.96. The molecule has 0 aliphatic carbocycles. The number of hydrogen-bond donors (Lipinski definition) is 1. The van der Waals surface area contributed by atoms with Crippen molar-refractivity contribution in [1.29, 1.82) is 0 Å². The van der Waals surface area contributed by atoms with E-state index in [-0.39, 0.29) is 0 Å². The molecule has 1 heteroatoms. The maximum atomic E-state index is 3.02. The predicted molar refractivity (Wildman–Crippen MR) is 63.2 cm³/mol. The van der Waals surface area contributed by atoms with Gasteiger partial charge in [0.25, 0.3) is 0 Å². The van der Waals surface area contributed by atoms with Crippen molar-refractivity contribution in [1.82, 2.24) is 5.32 Å². The number of nitrogens with one attached hydrogen (secondary N) is 1. The Labute approximate surface area is 85.3 Å². The molecular weight excluding hydrogens is 158 g/mol. The van der Waals surface area contributed by atoms with Crippen molar-refractivity contribution in [2.75, 3.05) is 13.6 Å². The van der Waals surface area contributed by atoms with Crippen LogP contribution in [0.25, 0.3) is 0 Å². The zero-order valence-corrected chi connectivity index (χ0v) is 10.3. The van der Waals surface area contributed by atoms with Crippen LogP contribution in [0, 0.1) is 5.92 Å². The van der Waals surface area contributed by atoms with Gasteiger partial charge in [-0.25, -0.2) is 0 Å². The van der Waals surface area contributed by atoms with Gasteiger partial charge < -0.3 is 5.32 Å². The monoisotopic (exact) mass is 187 g/mol. The number of unbranched alkanes of at least 4 members (excludes halogenated alkanes) is 1. The van der Waals surface area contributed by atoms with Gasteiger partial charge in [-0.1, -0.05) is 53.4 Å². The fourth-order valence-electron chi connectivity index (χ4n) is 1.01. The summed E-state index contributed by atoms with van der Waals surface area (Å²) in [5.74, 6) is 0.954. The van der Waals surface area contributed by atoms with Crippen LogP contribution in [0.15, 0.2) is 0 Å².